The summed E-state index contributed by atoms with van der Waals surface area (Å²) in [6.07, 6.45) is 1.87. The van der Waals surface area contributed by atoms with Gasteiger partial charge in [-0.2, -0.15) is 0 Å². The molecule has 3 nitrogen and oxygen atoms in total. The number of aromatic nitrogens is 1. The zero-order valence-corrected chi connectivity index (χ0v) is 10.4. The van der Waals surface area contributed by atoms with E-state index in [0.717, 1.165) is 17.2 Å². The van der Waals surface area contributed by atoms with E-state index in [-0.39, 0.29) is 0 Å². The molecule has 0 saturated carbocycles. The van der Waals surface area contributed by atoms with Crippen LogP contribution in [0.5, 0.6) is 0 Å². The number of halogens is 1. The highest BCUT2D eigenvalue weighted by atomic mass is 35.5. The summed E-state index contributed by atoms with van der Waals surface area (Å²) in [5.74, 6) is 0. The van der Waals surface area contributed by atoms with Gasteiger partial charge >= 0.3 is 0 Å². The van der Waals surface area contributed by atoms with E-state index in [2.05, 4.69) is 10.3 Å². The summed E-state index contributed by atoms with van der Waals surface area (Å²) >= 11 is 7.59. The van der Waals surface area contributed by atoms with Gasteiger partial charge in [0, 0.05) is 11.1 Å². The van der Waals surface area contributed by atoms with Crippen molar-refractivity contribution in [2.75, 3.05) is 11.1 Å². The van der Waals surface area contributed by atoms with E-state index < -0.39 is 0 Å². The molecule has 0 amide bonds. The number of para-hydroxylation sites is 1. The van der Waals surface area contributed by atoms with Crippen molar-refractivity contribution in [1.29, 1.82) is 0 Å². The number of benzene rings is 1. The maximum Gasteiger partial charge on any atom is 0.0897 e. The van der Waals surface area contributed by atoms with E-state index in [9.17, 15) is 0 Å². The van der Waals surface area contributed by atoms with Crippen molar-refractivity contribution >= 4 is 34.3 Å². The normalized spacial score (nSPS) is 10.4. The first-order chi connectivity index (χ1) is 7.66. The molecule has 0 fully saturated rings. The Kier molecular flexibility index (Phi) is 3.31. The van der Waals surface area contributed by atoms with Crippen LogP contribution in [0.25, 0.3) is 0 Å². The topological polar surface area (TPSA) is 50.9 Å². The second-order valence-electron chi connectivity index (χ2n) is 3.40. The summed E-state index contributed by atoms with van der Waals surface area (Å²) in [5.41, 5.74) is 7.29. The van der Waals surface area contributed by atoms with Crippen LogP contribution in [0.1, 0.15) is 9.88 Å². The first-order valence-electron chi connectivity index (χ1n) is 4.86. The molecule has 0 atom stereocenters. The molecule has 0 unspecified atom stereocenters. The highest BCUT2D eigenvalue weighted by Crippen LogP contribution is 2.27. The lowest BCUT2D eigenvalue weighted by Gasteiger charge is -2.08. The average Bonchev–Trinajstić information content (AvgIpc) is 2.67. The zero-order valence-electron chi connectivity index (χ0n) is 8.83. The molecule has 0 aliphatic rings. The Morgan fingerprint density at radius 3 is 3.00 bits per heavy atom. The van der Waals surface area contributed by atoms with Crippen molar-refractivity contribution in [2.45, 2.75) is 13.5 Å². The molecule has 16 heavy (non-hydrogen) atoms. The molecule has 1 aromatic heterocycles. The zero-order chi connectivity index (χ0) is 11.5. The Morgan fingerprint density at radius 2 is 2.31 bits per heavy atom. The molecule has 0 aliphatic heterocycles. The number of nitrogens with zero attached hydrogens (tertiary/aromatic N) is 1. The maximum atomic E-state index is 5.92. The number of hydrogen-bond donors (Lipinski definition) is 2. The number of anilines is 2. The smallest absolute Gasteiger partial charge is 0.0897 e. The number of aryl methyl sites for hydroxylation is 1. The summed E-state index contributed by atoms with van der Waals surface area (Å²) in [5, 5.41) is 4.88. The molecule has 0 radical (unpaired) electrons. The van der Waals surface area contributed by atoms with Crippen molar-refractivity contribution in [3.63, 3.8) is 0 Å². The molecular weight excluding hydrogens is 242 g/mol. The average molecular weight is 254 g/mol. The van der Waals surface area contributed by atoms with Crippen LogP contribution >= 0.6 is 22.9 Å². The van der Waals surface area contributed by atoms with E-state index in [1.807, 2.05) is 25.3 Å². The Morgan fingerprint density at radius 1 is 1.50 bits per heavy atom. The van der Waals surface area contributed by atoms with E-state index in [4.69, 9.17) is 17.3 Å². The second kappa shape index (κ2) is 4.72. The van der Waals surface area contributed by atoms with Crippen LogP contribution in [0, 0.1) is 6.92 Å². The molecule has 0 saturated heterocycles. The molecule has 5 heteroatoms. The van der Waals surface area contributed by atoms with E-state index in [1.54, 1.807) is 17.4 Å². The summed E-state index contributed by atoms with van der Waals surface area (Å²) in [4.78, 5) is 5.37. The van der Waals surface area contributed by atoms with Crippen molar-refractivity contribution in [1.82, 2.24) is 4.98 Å². The number of nitrogens with two attached hydrogens (primary N) is 1. The van der Waals surface area contributed by atoms with Gasteiger partial charge in [0.1, 0.15) is 0 Å². The van der Waals surface area contributed by atoms with Gasteiger partial charge in [-0.25, -0.2) is 4.98 Å². The lowest BCUT2D eigenvalue weighted by molar-refractivity contribution is 1.17. The molecule has 3 N–H and O–H groups in total. The van der Waals surface area contributed by atoms with Crippen molar-refractivity contribution < 1.29 is 0 Å². The predicted octanol–water partition coefficient (Wildman–Crippen LogP) is 3.30. The first-order valence-corrected chi connectivity index (χ1v) is 6.05. The summed E-state index contributed by atoms with van der Waals surface area (Å²) in [6, 6.07) is 5.56. The Labute approximate surface area is 103 Å². The fraction of sp³-hybridized carbons (Fsp3) is 0.182. The monoisotopic (exact) mass is 253 g/mol. The lowest BCUT2D eigenvalue weighted by atomic mass is 10.2. The van der Waals surface area contributed by atoms with E-state index >= 15 is 0 Å². The fourth-order valence-corrected chi connectivity index (χ4v) is 2.27. The van der Waals surface area contributed by atoms with E-state index in [1.165, 1.54) is 4.88 Å². The summed E-state index contributed by atoms with van der Waals surface area (Å²) in [6.45, 7) is 2.71. The summed E-state index contributed by atoms with van der Waals surface area (Å²) in [7, 11) is 0. The van der Waals surface area contributed by atoms with Crippen LogP contribution in [0.2, 0.25) is 5.02 Å². The van der Waals surface area contributed by atoms with Gasteiger partial charge in [0.2, 0.25) is 0 Å². The molecule has 1 aromatic carbocycles. The van der Waals surface area contributed by atoms with Gasteiger partial charge in [-0.15, -0.1) is 11.3 Å². The number of rotatable bonds is 3. The minimum atomic E-state index is 0.575. The van der Waals surface area contributed by atoms with Gasteiger partial charge in [0.25, 0.3) is 0 Å². The standard InChI is InChI=1S/C11H12ClN3S/c1-7-14-5-8(16-7)6-15-10-4-2-3-9(12)11(10)13/h2-5,15H,6,13H2,1H3. The molecule has 2 aromatic rings. The van der Waals surface area contributed by atoms with Crippen LogP contribution in [0.15, 0.2) is 24.4 Å². The molecule has 0 bridgehead atoms. The fourth-order valence-electron chi connectivity index (χ4n) is 1.36. The quantitative estimate of drug-likeness (QED) is 0.826. The van der Waals surface area contributed by atoms with Gasteiger partial charge in [0.05, 0.1) is 27.9 Å². The van der Waals surface area contributed by atoms with Gasteiger partial charge in [-0.3, -0.25) is 0 Å². The highest BCUT2D eigenvalue weighted by molar-refractivity contribution is 7.11. The third-order valence-electron chi connectivity index (χ3n) is 2.18. The Hall–Kier alpha value is -1.26. The van der Waals surface area contributed by atoms with Crippen molar-refractivity contribution in [3.8, 4) is 0 Å². The van der Waals surface area contributed by atoms with Gasteiger partial charge in [-0.1, -0.05) is 17.7 Å². The summed E-state index contributed by atoms with van der Waals surface area (Å²) < 4.78 is 0. The van der Waals surface area contributed by atoms with Crippen LogP contribution in [-0.2, 0) is 6.54 Å². The van der Waals surface area contributed by atoms with Crippen LogP contribution < -0.4 is 11.1 Å². The molecule has 2 rings (SSSR count). The first kappa shape index (κ1) is 11.2. The number of hydrogen-bond acceptors (Lipinski definition) is 4. The highest BCUT2D eigenvalue weighted by Gasteiger charge is 2.03. The largest absolute Gasteiger partial charge is 0.396 e. The third-order valence-corrected chi connectivity index (χ3v) is 3.42. The van der Waals surface area contributed by atoms with Crippen molar-refractivity contribution in [2.24, 2.45) is 0 Å². The number of nitrogens with one attached hydrogen (secondary N) is 1. The molecular formula is C11H12ClN3S. The van der Waals surface area contributed by atoms with Gasteiger partial charge in [0.15, 0.2) is 0 Å². The number of thiazole rings is 1. The van der Waals surface area contributed by atoms with Gasteiger partial charge < -0.3 is 11.1 Å². The SMILES string of the molecule is Cc1ncc(CNc2cccc(Cl)c2N)s1. The predicted molar refractivity (Wildman–Crippen MR) is 70.0 cm³/mol. The van der Waals surface area contributed by atoms with Gasteiger partial charge in [-0.05, 0) is 19.1 Å². The van der Waals surface area contributed by atoms with Crippen molar-refractivity contribution in [3.05, 3.63) is 39.3 Å². The second-order valence-corrected chi connectivity index (χ2v) is 5.13. The molecule has 0 spiro atoms. The lowest BCUT2D eigenvalue weighted by Crippen LogP contribution is -2.01. The van der Waals surface area contributed by atoms with Crippen LogP contribution in [-0.4, -0.2) is 4.98 Å². The molecule has 1 heterocycles. The minimum absolute atomic E-state index is 0.575. The maximum absolute atomic E-state index is 5.92. The minimum Gasteiger partial charge on any atom is -0.396 e. The molecule has 84 valence electrons. The van der Waals surface area contributed by atoms with Crippen LogP contribution in [0.4, 0.5) is 11.4 Å². The third kappa shape index (κ3) is 2.46. The van der Waals surface area contributed by atoms with E-state index in [0.29, 0.717) is 10.7 Å². The van der Waals surface area contributed by atoms with Crippen LogP contribution in [0.3, 0.4) is 0 Å². The Balaban J connectivity index is 2.07. The molecule has 0 aliphatic carbocycles. The number of nitrogen functional groups attached to an aromatic ring is 1. The Bertz CT molecular complexity index is 496.